The van der Waals surface area contributed by atoms with E-state index in [1.165, 1.54) is 4.31 Å². The Hall–Kier alpha value is -2.83. The Morgan fingerprint density at radius 3 is 2.30 bits per heavy atom. The van der Waals surface area contributed by atoms with Crippen LogP contribution in [0.3, 0.4) is 0 Å². The molecular weight excluding hydrogens is 456 g/mol. The summed E-state index contributed by atoms with van der Waals surface area (Å²) >= 11 is 6.18. The first-order valence-electron chi connectivity index (χ1n) is 10.9. The molecular formula is C26H29ClN2O3S. The van der Waals surface area contributed by atoms with Crippen LogP contribution in [-0.2, 0) is 21.2 Å². The van der Waals surface area contributed by atoms with Gasteiger partial charge < -0.3 is 5.32 Å². The predicted octanol–water partition coefficient (Wildman–Crippen LogP) is 5.21. The maximum absolute atomic E-state index is 13.5. The summed E-state index contributed by atoms with van der Waals surface area (Å²) in [5.41, 5.74) is 4.45. The van der Waals surface area contributed by atoms with Gasteiger partial charge in [-0.1, -0.05) is 53.6 Å². The lowest BCUT2D eigenvalue weighted by Gasteiger charge is -2.25. The van der Waals surface area contributed by atoms with Crippen molar-refractivity contribution >= 4 is 33.2 Å². The molecule has 1 amide bonds. The van der Waals surface area contributed by atoms with E-state index in [9.17, 15) is 13.2 Å². The maximum Gasteiger partial charge on any atom is 0.264 e. The van der Waals surface area contributed by atoms with Gasteiger partial charge in [-0.15, -0.1) is 0 Å². The number of nitrogens with one attached hydrogen (secondary N) is 1. The average Bonchev–Trinajstić information content (AvgIpc) is 2.78. The highest BCUT2D eigenvalue weighted by Gasteiger charge is 2.27. The number of hydrogen-bond acceptors (Lipinski definition) is 3. The van der Waals surface area contributed by atoms with Gasteiger partial charge >= 0.3 is 0 Å². The van der Waals surface area contributed by atoms with Gasteiger partial charge in [-0.25, -0.2) is 8.42 Å². The van der Waals surface area contributed by atoms with Gasteiger partial charge in [0.15, 0.2) is 0 Å². The third-order valence-corrected chi connectivity index (χ3v) is 7.73. The van der Waals surface area contributed by atoms with Gasteiger partial charge in [-0.05, 0) is 80.6 Å². The highest BCUT2D eigenvalue weighted by Crippen LogP contribution is 2.26. The summed E-state index contributed by atoms with van der Waals surface area (Å²) in [6, 6.07) is 19.6. The third-order valence-electron chi connectivity index (χ3n) is 5.58. The lowest BCUT2D eigenvalue weighted by Crippen LogP contribution is -2.41. The molecule has 33 heavy (non-hydrogen) atoms. The summed E-state index contributed by atoms with van der Waals surface area (Å²) in [6.07, 6.45) is 1.42. The Labute approximate surface area is 201 Å². The second-order valence-electron chi connectivity index (χ2n) is 8.14. The van der Waals surface area contributed by atoms with Gasteiger partial charge in [0.25, 0.3) is 10.0 Å². The van der Waals surface area contributed by atoms with E-state index in [1.807, 2.05) is 51.1 Å². The molecule has 0 saturated carbocycles. The van der Waals surface area contributed by atoms with Crippen LogP contribution >= 0.6 is 11.6 Å². The van der Waals surface area contributed by atoms with Crippen LogP contribution in [0.4, 0.5) is 5.69 Å². The zero-order valence-electron chi connectivity index (χ0n) is 19.1. The van der Waals surface area contributed by atoms with E-state index in [4.69, 9.17) is 11.6 Å². The lowest BCUT2D eigenvalue weighted by atomic mass is 10.1. The minimum Gasteiger partial charge on any atom is -0.355 e. The molecule has 0 radical (unpaired) electrons. The molecule has 0 saturated heterocycles. The number of sulfonamides is 1. The summed E-state index contributed by atoms with van der Waals surface area (Å²) in [7, 11) is -3.92. The smallest absolute Gasteiger partial charge is 0.264 e. The fourth-order valence-electron chi connectivity index (χ4n) is 3.43. The number of aryl methyl sites for hydroxylation is 4. The normalized spacial score (nSPS) is 11.3. The lowest BCUT2D eigenvalue weighted by molar-refractivity contribution is -0.119. The van der Waals surface area contributed by atoms with Crippen molar-refractivity contribution in [1.82, 2.24) is 5.32 Å². The standard InChI is InChI=1S/C26H29ClN2O3S/c1-19-10-14-24(15-11-19)33(31,32)29(23-13-12-20(2)21(3)17-23)18-26(30)28-16-6-8-22-7-4-5-9-25(22)27/h4-5,7,9-15,17H,6,8,16,18H2,1-3H3,(H,28,30). The predicted molar refractivity (Wildman–Crippen MR) is 134 cm³/mol. The first-order valence-corrected chi connectivity index (χ1v) is 12.7. The molecule has 0 aliphatic rings. The highest BCUT2D eigenvalue weighted by atomic mass is 35.5. The van der Waals surface area contributed by atoms with Gasteiger partial charge in [0.2, 0.25) is 5.91 Å². The Morgan fingerprint density at radius 1 is 0.939 bits per heavy atom. The number of carbonyl (C=O) groups is 1. The van der Waals surface area contributed by atoms with Gasteiger partial charge in [0, 0.05) is 11.6 Å². The van der Waals surface area contributed by atoms with Crippen LogP contribution in [0.1, 0.15) is 28.7 Å². The number of amides is 1. The van der Waals surface area contributed by atoms with Crippen molar-refractivity contribution in [2.75, 3.05) is 17.4 Å². The van der Waals surface area contributed by atoms with E-state index < -0.39 is 10.0 Å². The molecule has 0 fully saturated rings. The second kappa shape index (κ2) is 10.9. The van der Waals surface area contributed by atoms with Gasteiger partial charge in [0.1, 0.15) is 6.54 Å². The molecule has 0 aliphatic heterocycles. The molecule has 7 heteroatoms. The number of rotatable bonds is 9. The second-order valence-corrected chi connectivity index (χ2v) is 10.4. The van der Waals surface area contributed by atoms with Crippen LogP contribution in [0.5, 0.6) is 0 Å². The van der Waals surface area contributed by atoms with E-state index in [1.54, 1.807) is 36.4 Å². The average molecular weight is 485 g/mol. The van der Waals surface area contributed by atoms with Crippen LogP contribution in [0.15, 0.2) is 71.6 Å². The number of nitrogens with zero attached hydrogens (tertiary/aromatic N) is 1. The Kier molecular flexibility index (Phi) is 8.16. The largest absolute Gasteiger partial charge is 0.355 e. The molecule has 3 aromatic carbocycles. The number of halogens is 1. The van der Waals surface area contributed by atoms with Gasteiger partial charge in [-0.3, -0.25) is 9.10 Å². The van der Waals surface area contributed by atoms with Crippen LogP contribution < -0.4 is 9.62 Å². The molecule has 0 heterocycles. The van der Waals surface area contributed by atoms with Crippen molar-refractivity contribution in [3.8, 4) is 0 Å². The van der Waals surface area contributed by atoms with Crippen molar-refractivity contribution in [3.05, 3.63) is 94.0 Å². The third kappa shape index (κ3) is 6.36. The summed E-state index contributed by atoms with van der Waals surface area (Å²) in [6.45, 7) is 5.90. The van der Waals surface area contributed by atoms with Crippen molar-refractivity contribution in [2.45, 2.75) is 38.5 Å². The fraction of sp³-hybridized carbons (Fsp3) is 0.269. The van der Waals surface area contributed by atoms with E-state index >= 15 is 0 Å². The van der Waals surface area contributed by atoms with Gasteiger partial charge in [0.05, 0.1) is 10.6 Å². The van der Waals surface area contributed by atoms with Crippen molar-refractivity contribution in [1.29, 1.82) is 0 Å². The van der Waals surface area contributed by atoms with Crippen LogP contribution in [-0.4, -0.2) is 27.4 Å². The van der Waals surface area contributed by atoms with Crippen molar-refractivity contribution in [2.24, 2.45) is 0 Å². The molecule has 1 N–H and O–H groups in total. The summed E-state index contributed by atoms with van der Waals surface area (Å²) < 4.78 is 28.1. The van der Waals surface area contributed by atoms with E-state index in [-0.39, 0.29) is 17.3 Å². The molecule has 5 nitrogen and oxygen atoms in total. The topological polar surface area (TPSA) is 66.5 Å². The number of hydrogen-bond donors (Lipinski definition) is 1. The van der Waals surface area contributed by atoms with Crippen molar-refractivity contribution < 1.29 is 13.2 Å². The first-order chi connectivity index (χ1) is 15.7. The molecule has 0 bridgehead atoms. The quantitative estimate of drug-likeness (QED) is 0.424. The molecule has 0 aliphatic carbocycles. The summed E-state index contributed by atoms with van der Waals surface area (Å²) in [4.78, 5) is 12.9. The molecule has 3 rings (SSSR count). The van der Waals surface area contributed by atoms with Gasteiger partial charge in [-0.2, -0.15) is 0 Å². The molecule has 3 aromatic rings. The number of benzene rings is 3. The van der Waals surface area contributed by atoms with Crippen LogP contribution in [0.25, 0.3) is 0 Å². The molecule has 0 unspecified atom stereocenters. The SMILES string of the molecule is Cc1ccc(S(=O)(=O)N(CC(=O)NCCCc2ccccc2Cl)c2ccc(C)c(C)c2)cc1. The number of carbonyl (C=O) groups excluding carboxylic acids is 1. The Balaban J connectivity index is 1.75. The van der Waals surface area contributed by atoms with Crippen molar-refractivity contribution in [3.63, 3.8) is 0 Å². The fourth-order valence-corrected chi connectivity index (χ4v) is 5.07. The summed E-state index contributed by atoms with van der Waals surface area (Å²) in [5.74, 6) is -0.358. The number of anilines is 1. The van der Waals surface area contributed by atoms with Crippen LogP contribution in [0, 0.1) is 20.8 Å². The Bertz CT molecular complexity index is 1220. The monoisotopic (exact) mass is 484 g/mol. The van der Waals surface area contributed by atoms with E-state index in [2.05, 4.69) is 5.32 Å². The minimum absolute atomic E-state index is 0.151. The molecule has 0 atom stereocenters. The molecule has 174 valence electrons. The highest BCUT2D eigenvalue weighted by molar-refractivity contribution is 7.92. The Morgan fingerprint density at radius 2 is 1.64 bits per heavy atom. The van der Waals surface area contributed by atoms with E-state index in [0.717, 1.165) is 28.7 Å². The van der Waals surface area contributed by atoms with Crippen LogP contribution in [0.2, 0.25) is 5.02 Å². The maximum atomic E-state index is 13.5. The molecule has 0 spiro atoms. The zero-order chi connectivity index (χ0) is 24.0. The summed E-state index contributed by atoms with van der Waals surface area (Å²) in [5, 5.41) is 3.55. The van der Waals surface area contributed by atoms with E-state index in [0.29, 0.717) is 23.7 Å². The zero-order valence-corrected chi connectivity index (χ0v) is 20.7. The minimum atomic E-state index is -3.92. The first kappa shape index (κ1) is 24.8. The molecule has 0 aromatic heterocycles.